The van der Waals surface area contributed by atoms with Crippen LogP contribution in [0.2, 0.25) is 10.0 Å². The van der Waals surface area contributed by atoms with E-state index in [1.165, 1.54) is 30.3 Å². The molecule has 1 N–H and O–H groups in total. The Hall–Kier alpha value is -1.81. The van der Waals surface area contributed by atoms with Crippen LogP contribution >= 0.6 is 23.2 Å². The van der Waals surface area contributed by atoms with Gasteiger partial charge in [-0.25, -0.2) is 8.42 Å². The molecule has 0 aromatic heterocycles. The summed E-state index contributed by atoms with van der Waals surface area (Å²) in [5.41, 5.74) is -1.34. The van der Waals surface area contributed by atoms with Gasteiger partial charge in [0.1, 0.15) is 4.90 Å². The van der Waals surface area contributed by atoms with Crippen molar-refractivity contribution in [3.8, 4) is 0 Å². The largest absolute Gasteiger partial charge is 0.418 e. The minimum absolute atomic E-state index is 0.00919. The molecule has 2 aromatic carbocycles. The van der Waals surface area contributed by atoms with Crippen molar-refractivity contribution < 1.29 is 26.4 Å². The summed E-state index contributed by atoms with van der Waals surface area (Å²) in [5, 5.41) is 2.47. The quantitative estimate of drug-likeness (QED) is 0.665. The van der Waals surface area contributed by atoms with Crippen molar-refractivity contribution in [2.24, 2.45) is 5.92 Å². The molecule has 1 fully saturated rings. The third kappa shape index (κ3) is 4.91. The first-order valence-electron chi connectivity index (χ1n) is 8.92. The van der Waals surface area contributed by atoms with Gasteiger partial charge in [-0.3, -0.25) is 4.79 Å². The minimum Gasteiger partial charge on any atom is -0.325 e. The fourth-order valence-corrected chi connectivity index (χ4v) is 5.52. The zero-order valence-corrected chi connectivity index (χ0v) is 17.7. The Morgan fingerprint density at radius 3 is 2.53 bits per heavy atom. The first-order valence-corrected chi connectivity index (χ1v) is 11.1. The molecule has 2 aromatic rings. The van der Waals surface area contributed by atoms with Crippen LogP contribution in [0.5, 0.6) is 0 Å². The molecule has 1 heterocycles. The van der Waals surface area contributed by atoms with Crippen LogP contribution in [0.4, 0.5) is 18.9 Å². The number of piperidine rings is 1. The average Bonchev–Trinajstić information content (AvgIpc) is 2.69. The van der Waals surface area contributed by atoms with E-state index in [0.29, 0.717) is 12.8 Å². The lowest BCUT2D eigenvalue weighted by Crippen LogP contribution is -2.43. The van der Waals surface area contributed by atoms with E-state index in [4.69, 9.17) is 23.2 Å². The topological polar surface area (TPSA) is 66.5 Å². The number of carbonyl (C=O) groups is 1. The number of rotatable bonds is 4. The second kappa shape index (κ2) is 8.74. The molecular weight excluding hydrogens is 464 g/mol. The monoisotopic (exact) mass is 480 g/mol. The van der Waals surface area contributed by atoms with Crippen molar-refractivity contribution in [3.05, 3.63) is 58.1 Å². The van der Waals surface area contributed by atoms with E-state index in [0.717, 1.165) is 16.4 Å². The van der Waals surface area contributed by atoms with Crippen LogP contribution < -0.4 is 5.32 Å². The van der Waals surface area contributed by atoms with E-state index < -0.39 is 33.6 Å². The number of nitrogens with one attached hydrogen (secondary N) is 1. The van der Waals surface area contributed by atoms with Crippen LogP contribution in [-0.2, 0) is 21.0 Å². The lowest BCUT2D eigenvalue weighted by atomic mass is 9.98. The number of hydrogen-bond donors (Lipinski definition) is 1. The Morgan fingerprint density at radius 1 is 1.13 bits per heavy atom. The maximum atomic E-state index is 13.2. The van der Waals surface area contributed by atoms with Crippen LogP contribution in [0, 0.1) is 5.92 Å². The number of para-hydroxylation sites is 1. The third-order valence-electron chi connectivity index (χ3n) is 4.76. The van der Waals surface area contributed by atoms with Gasteiger partial charge in [-0.1, -0.05) is 35.3 Å². The second-order valence-electron chi connectivity index (χ2n) is 6.81. The smallest absolute Gasteiger partial charge is 0.325 e. The molecule has 0 aliphatic carbocycles. The van der Waals surface area contributed by atoms with E-state index in [2.05, 4.69) is 5.32 Å². The Kier molecular flexibility index (Phi) is 6.66. The molecule has 0 spiro atoms. The van der Waals surface area contributed by atoms with E-state index >= 15 is 0 Å². The predicted octanol–water partition coefficient (Wildman–Crippen LogP) is 5.05. The average molecular weight is 481 g/mol. The van der Waals surface area contributed by atoms with E-state index in [1.807, 2.05) is 0 Å². The van der Waals surface area contributed by atoms with Crippen molar-refractivity contribution in [1.82, 2.24) is 4.31 Å². The van der Waals surface area contributed by atoms with Crippen LogP contribution in [0.3, 0.4) is 0 Å². The summed E-state index contributed by atoms with van der Waals surface area (Å²) in [6.07, 6.45) is -3.92. The summed E-state index contributed by atoms with van der Waals surface area (Å²) in [6.45, 7) is -0.0146. The van der Waals surface area contributed by atoms with Gasteiger partial charge >= 0.3 is 6.18 Å². The third-order valence-corrected chi connectivity index (χ3v) is 7.34. The number of carbonyl (C=O) groups excluding carboxylic acids is 1. The molecular formula is C19H17Cl2F3N2O3S. The SMILES string of the molecule is O=C(Nc1ccccc1C(F)(F)F)[C@H]1CCCN(S(=O)(=O)c2cc(Cl)ccc2Cl)C1. The first kappa shape index (κ1) is 22.9. The molecule has 11 heteroatoms. The fourth-order valence-electron chi connectivity index (χ4n) is 3.26. The molecule has 30 heavy (non-hydrogen) atoms. The van der Waals surface area contributed by atoms with E-state index in [-0.39, 0.29) is 33.7 Å². The lowest BCUT2D eigenvalue weighted by Gasteiger charge is -2.31. The van der Waals surface area contributed by atoms with Crippen LogP contribution in [-0.4, -0.2) is 31.7 Å². The Morgan fingerprint density at radius 2 is 1.83 bits per heavy atom. The van der Waals surface area contributed by atoms with Crippen molar-refractivity contribution in [2.75, 3.05) is 18.4 Å². The van der Waals surface area contributed by atoms with Gasteiger partial charge in [-0.15, -0.1) is 0 Å². The summed E-state index contributed by atoms with van der Waals surface area (Å²) in [5.74, 6) is -1.49. The number of hydrogen-bond acceptors (Lipinski definition) is 3. The molecule has 1 saturated heterocycles. The van der Waals surface area contributed by atoms with Crippen molar-refractivity contribution >= 4 is 44.8 Å². The van der Waals surface area contributed by atoms with Gasteiger partial charge in [-0.2, -0.15) is 17.5 Å². The molecule has 1 aliphatic rings. The van der Waals surface area contributed by atoms with Crippen LogP contribution in [0.15, 0.2) is 47.4 Å². The minimum atomic E-state index is -4.63. The highest BCUT2D eigenvalue weighted by molar-refractivity contribution is 7.89. The summed E-state index contributed by atoms with van der Waals surface area (Å²) >= 11 is 11.9. The zero-order chi connectivity index (χ0) is 22.1. The summed E-state index contributed by atoms with van der Waals surface area (Å²) in [6, 6.07) is 8.67. The van der Waals surface area contributed by atoms with Gasteiger partial charge in [0.25, 0.3) is 0 Å². The van der Waals surface area contributed by atoms with Crippen molar-refractivity contribution in [1.29, 1.82) is 0 Å². The number of nitrogens with zero attached hydrogens (tertiary/aromatic N) is 1. The highest BCUT2D eigenvalue weighted by atomic mass is 35.5. The lowest BCUT2D eigenvalue weighted by molar-refractivity contribution is -0.137. The van der Waals surface area contributed by atoms with Crippen molar-refractivity contribution in [3.63, 3.8) is 0 Å². The maximum absolute atomic E-state index is 13.2. The van der Waals surface area contributed by atoms with Gasteiger partial charge < -0.3 is 5.32 Å². The summed E-state index contributed by atoms with van der Waals surface area (Å²) in [4.78, 5) is 12.4. The fraction of sp³-hybridized carbons (Fsp3) is 0.316. The zero-order valence-electron chi connectivity index (χ0n) is 15.4. The Bertz CT molecular complexity index is 1060. The molecule has 5 nitrogen and oxygen atoms in total. The first-order chi connectivity index (χ1) is 14.0. The second-order valence-corrected chi connectivity index (χ2v) is 9.56. The van der Waals surface area contributed by atoms with Crippen molar-refractivity contribution in [2.45, 2.75) is 23.9 Å². The number of sulfonamides is 1. The maximum Gasteiger partial charge on any atom is 0.418 e. The molecule has 1 amide bonds. The molecule has 1 atom stereocenters. The van der Waals surface area contributed by atoms with E-state index in [9.17, 15) is 26.4 Å². The summed E-state index contributed by atoms with van der Waals surface area (Å²) in [7, 11) is -4.03. The van der Waals surface area contributed by atoms with Gasteiger partial charge in [0, 0.05) is 18.1 Å². The Labute approximate surface area is 181 Å². The number of amides is 1. The van der Waals surface area contributed by atoms with Gasteiger partial charge in [0.15, 0.2) is 0 Å². The highest BCUT2D eigenvalue weighted by Gasteiger charge is 2.37. The van der Waals surface area contributed by atoms with Gasteiger partial charge in [-0.05, 0) is 43.2 Å². The normalized spacial score (nSPS) is 18.2. The van der Waals surface area contributed by atoms with Crippen LogP contribution in [0.25, 0.3) is 0 Å². The number of halogens is 5. The molecule has 1 aliphatic heterocycles. The number of benzene rings is 2. The molecule has 0 radical (unpaired) electrons. The number of anilines is 1. The predicted molar refractivity (Wildman–Crippen MR) is 108 cm³/mol. The highest BCUT2D eigenvalue weighted by Crippen LogP contribution is 2.35. The van der Waals surface area contributed by atoms with Gasteiger partial charge in [0.05, 0.1) is 22.2 Å². The molecule has 3 rings (SSSR count). The van der Waals surface area contributed by atoms with Gasteiger partial charge in [0.2, 0.25) is 15.9 Å². The molecule has 162 valence electrons. The standard InChI is InChI=1S/C19H17Cl2F3N2O3S/c20-13-7-8-15(21)17(10-13)30(28,29)26-9-3-4-12(11-26)18(27)25-16-6-2-1-5-14(16)19(22,23)24/h1-2,5-8,10,12H,3-4,9,11H2,(H,25,27)/t12-/m0/s1. The number of alkyl halides is 3. The Balaban J connectivity index is 1.80. The van der Waals surface area contributed by atoms with E-state index in [1.54, 1.807) is 0 Å². The molecule has 0 unspecified atom stereocenters. The molecule has 0 bridgehead atoms. The van der Waals surface area contributed by atoms with Crippen LogP contribution in [0.1, 0.15) is 18.4 Å². The molecule has 0 saturated carbocycles. The summed E-state index contributed by atoms with van der Waals surface area (Å²) < 4.78 is 66.5.